The molecule has 20 heavy (non-hydrogen) atoms. The molecule has 0 aromatic rings. The van der Waals surface area contributed by atoms with Crippen molar-refractivity contribution in [2.45, 2.75) is 65.5 Å². The standard InChI is InChI=1S/C16H27NO3/c1-15(2,3)20-14(19)17-13-10(6-7-18)8-11-9-12(13)16(11,4)5/h7,10-13H,6,8-9H2,1-5H3,(H,17,19)/t10-,11-,12-,13-/m0/s1. The highest BCUT2D eigenvalue weighted by Gasteiger charge is 2.57. The molecule has 1 N–H and O–H groups in total. The van der Waals surface area contributed by atoms with Crippen LogP contribution in [0, 0.1) is 23.2 Å². The number of amides is 1. The summed E-state index contributed by atoms with van der Waals surface area (Å²) in [6, 6.07) is 0.0649. The van der Waals surface area contributed by atoms with Crippen LogP contribution in [0.3, 0.4) is 0 Å². The molecule has 3 fully saturated rings. The van der Waals surface area contributed by atoms with E-state index in [4.69, 9.17) is 4.74 Å². The van der Waals surface area contributed by atoms with Crippen molar-refractivity contribution in [3.05, 3.63) is 0 Å². The Kier molecular flexibility index (Phi) is 3.87. The van der Waals surface area contributed by atoms with Gasteiger partial charge in [-0.25, -0.2) is 4.79 Å². The average molecular weight is 281 g/mol. The van der Waals surface area contributed by atoms with Crippen molar-refractivity contribution in [1.29, 1.82) is 0 Å². The van der Waals surface area contributed by atoms with E-state index < -0.39 is 5.60 Å². The first-order chi connectivity index (χ1) is 9.15. The first kappa shape index (κ1) is 15.3. The van der Waals surface area contributed by atoms with Gasteiger partial charge in [0.15, 0.2) is 0 Å². The average Bonchev–Trinajstić information content (AvgIpc) is 2.28. The number of nitrogens with one attached hydrogen (secondary N) is 1. The fourth-order valence-electron chi connectivity index (χ4n) is 3.93. The van der Waals surface area contributed by atoms with E-state index in [1.807, 2.05) is 20.8 Å². The highest BCUT2D eigenvalue weighted by molar-refractivity contribution is 5.68. The van der Waals surface area contributed by atoms with Crippen molar-refractivity contribution in [1.82, 2.24) is 5.32 Å². The summed E-state index contributed by atoms with van der Waals surface area (Å²) in [5.74, 6) is 1.41. The van der Waals surface area contributed by atoms with Gasteiger partial charge in [0.2, 0.25) is 0 Å². The molecular formula is C16H27NO3. The number of fused-ring (bicyclic) bond motifs is 2. The zero-order chi connectivity index (χ0) is 15.1. The summed E-state index contributed by atoms with van der Waals surface area (Å²) in [6.07, 6.45) is 3.33. The minimum Gasteiger partial charge on any atom is -0.444 e. The predicted molar refractivity (Wildman–Crippen MR) is 77.3 cm³/mol. The number of carbonyl (C=O) groups excluding carboxylic acids is 2. The maximum atomic E-state index is 12.0. The van der Waals surface area contributed by atoms with Crippen LogP contribution >= 0.6 is 0 Å². The summed E-state index contributed by atoms with van der Waals surface area (Å²) in [5.41, 5.74) is -0.227. The third kappa shape index (κ3) is 2.84. The van der Waals surface area contributed by atoms with Crippen LogP contribution in [0.1, 0.15) is 53.9 Å². The summed E-state index contributed by atoms with van der Waals surface area (Å²) in [7, 11) is 0. The van der Waals surface area contributed by atoms with Crippen molar-refractivity contribution in [2.75, 3.05) is 0 Å². The Hall–Kier alpha value is -1.06. The van der Waals surface area contributed by atoms with E-state index in [1.54, 1.807) is 0 Å². The zero-order valence-corrected chi connectivity index (χ0v) is 13.2. The number of ether oxygens (including phenoxy) is 1. The normalized spacial score (nSPS) is 34.9. The number of hydrogen-bond donors (Lipinski definition) is 1. The molecule has 0 heterocycles. The lowest BCUT2D eigenvalue weighted by Gasteiger charge is -2.62. The summed E-state index contributed by atoms with van der Waals surface area (Å²) < 4.78 is 5.36. The Morgan fingerprint density at radius 2 is 2.00 bits per heavy atom. The van der Waals surface area contributed by atoms with E-state index in [1.165, 1.54) is 0 Å². The van der Waals surface area contributed by atoms with E-state index in [2.05, 4.69) is 19.2 Å². The summed E-state index contributed by atoms with van der Waals surface area (Å²) in [5, 5.41) is 3.03. The molecule has 1 amide bonds. The molecular weight excluding hydrogens is 254 g/mol. The molecule has 4 heteroatoms. The van der Waals surface area contributed by atoms with Gasteiger partial charge in [0.25, 0.3) is 0 Å². The predicted octanol–water partition coefficient (Wildman–Crippen LogP) is 3.15. The van der Waals surface area contributed by atoms with E-state index in [0.29, 0.717) is 18.3 Å². The Balaban J connectivity index is 2.05. The van der Waals surface area contributed by atoms with Gasteiger partial charge in [-0.15, -0.1) is 0 Å². The third-order valence-corrected chi connectivity index (χ3v) is 5.16. The van der Waals surface area contributed by atoms with Crippen LogP contribution in [-0.4, -0.2) is 24.0 Å². The molecule has 0 aliphatic heterocycles. The Morgan fingerprint density at radius 1 is 1.35 bits per heavy atom. The summed E-state index contributed by atoms with van der Waals surface area (Å²) in [4.78, 5) is 22.9. The van der Waals surface area contributed by atoms with E-state index in [0.717, 1.165) is 19.1 Å². The second kappa shape index (κ2) is 5.05. The largest absolute Gasteiger partial charge is 0.444 e. The molecule has 4 nitrogen and oxygen atoms in total. The molecule has 114 valence electrons. The highest BCUT2D eigenvalue weighted by atomic mass is 16.6. The van der Waals surface area contributed by atoms with Crippen LogP contribution in [0.25, 0.3) is 0 Å². The van der Waals surface area contributed by atoms with Crippen LogP contribution in [0.4, 0.5) is 4.79 Å². The lowest BCUT2D eigenvalue weighted by molar-refractivity contribution is -0.124. The SMILES string of the molecule is CC(C)(C)OC(=O)N[C@H]1[C@@H](CC=O)C[C@H]2C[C@@H]1C2(C)C. The van der Waals surface area contributed by atoms with Crippen LogP contribution < -0.4 is 5.32 Å². The second-order valence-electron chi connectivity index (χ2n) is 7.93. The van der Waals surface area contributed by atoms with Crippen LogP contribution in [0.5, 0.6) is 0 Å². The van der Waals surface area contributed by atoms with Crippen molar-refractivity contribution in [3.63, 3.8) is 0 Å². The van der Waals surface area contributed by atoms with Gasteiger partial charge in [-0.2, -0.15) is 0 Å². The topological polar surface area (TPSA) is 55.4 Å². The minimum absolute atomic E-state index is 0.0649. The number of rotatable bonds is 3. The van der Waals surface area contributed by atoms with Gasteiger partial charge >= 0.3 is 6.09 Å². The van der Waals surface area contributed by atoms with Crippen LogP contribution in [-0.2, 0) is 9.53 Å². The van der Waals surface area contributed by atoms with Crippen molar-refractivity contribution in [3.8, 4) is 0 Å². The maximum Gasteiger partial charge on any atom is 0.407 e. The van der Waals surface area contributed by atoms with Gasteiger partial charge in [0.1, 0.15) is 11.9 Å². The zero-order valence-electron chi connectivity index (χ0n) is 13.2. The molecule has 3 aliphatic rings. The smallest absolute Gasteiger partial charge is 0.407 e. The molecule has 3 saturated carbocycles. The van der Waals surface area contributed by atoms with Gasteiger partial charge in [0, 0.05) is 12.5 Å². The van der Waals surface area contributed by atoms with Gasteiger partial charge in [-0.05, 0) is 56.8 Å². The molecule has 2 bridgehead atoms. The Labute approximate surface area is 121 Å². The molecule has 0 radical (unpaired) electrons. The molecule has 4 atom stereocenters. The number of hydrogen-bond acceptors (Lipinski definition) is 3. The van der Waals surface area contributed by atoms with Crippen molar-refractivity contribution in [2.24, 2.45) is 23.2 Å². The van der Waals surface area contributed by atoms with Crippen molar-refractivity contribution < 1.29 is 14.3 Å². The molecule has 0 unspecified atom stereocenters. The van der Waals surface area contributed by atoms with Crippen molar-refractivity contribution >= 4 is 12.4 Å². The number of carbonyl (C=O) groups is 2. The monoisotopic (exact) mass is 281 g/mol. The van der Waals surface area contributed by atoms with Gasteiger partial charge < -0.3 is 14.8 Å². The van der Waals surface area contributed by atoms with E-state index >= 15 is 0 Å². The van der Waals surface area contributed by atoms with Crippen LogP contribution in [0.15, 0.2) is 0 Å². The first-order valence-corrected chi connectivity index (χ1v) is 7.58. The van der Waals surface area contributed by atoms with Gasteiger partial charge in [0.05, 0.1) is 0 Å². The molecule has 0 saturated heterocycles. The number of alkyl carbamates (subject to hydrolysis) is 1. The Bertz CT molecular complexity index is 397. The fraction of sp³-hybridized carbons (Fsp3) is 0.875. The van der Waals surface area contributed by atoms with E-state index in [9.17, 15) is 9.59 Å². The summed E-state index contributed by atoms with van der Waals surface area (Å²) in [6.45, 7) is 10.1. The van der Waals surface area contributed by atoms with Crippen LogP contribution in [0.2, 0.25) is 0 Å². The Morgan fingerprint density at radius 3 is 2.50 bits per heavy atom. The van der Waals surface area contributed by atoms with Gasteiger partial charge in [-0.1, -0.05) is 13.8 Å². The minimum atomic E-state index is -0.490. The molecule has 0 spiro atoms. The molecule has 0 aromatic carbocycles. The quantitative estimate of drug-likeness (QED) is 0.808. The van der Waals surface area contributed by atoms with E-state index in [-0.39, 0.29) is 23.5 Å². The first-order valence-electron chi connectivity index (χ1n) is 7.58. The lowest BCUT2D eigenvalue weighted by atomic mass is 9.44. The summed E-state index contributed by atoms with van der Waals surface area (Å²) >= 11 is 0. The third-order valence-electron chi connectivity index (χ3n) is 5.16. The van der Waals surface area contributed by atoms with Gasteiger partial charge in [-0.3, -0.25) is 0 Å². The lowest BCUT2D eigenvalue weighted by Crippen LogP contribution is -2.63. The highest BCUT2D eigenvalue weighted by Crippen LogP contribution is 2.61. The number of aldehydes is 1. The molecule has 0 aromatic heterocycles. The molecule has 3 rings (SSSR count). The fourth-order valence-corrected chi connectivity index (χ4v) is 3.93. The molecule has 3 aliphatic carbocycles. The second-order valence-corrected chi connectivity index (χ2v) is 7.93. The maximum absolute atomic E-state index is 12.0.